The lowest BCUT2D eigenvalue weighted by Gasteiger charge is -2.09. The molecule has 0 fully saturated rings. The van der Waals surface area contributed by atoms with Crippen LogP contribution in [0, 0.1) is 0 Å². The predicted molar refractivity (Wildman–Crippen MR) is 172 cm³/mol. The average molecular weight is 570 g/mol. The maximum Gasteiger partial charge on any atom is 0.00313 e. The van der Waals surface area contributed by atoms with Crippen LogP contribution in [0.4, 0.5) is 0 Å². The van der Waals surface area contributed by atoms with Gasteiger partial charge in [0, 0.05) is 5.33 Å². The number of allylic oxidation sites excluding steroid dienone is 2. The number of rotatable bonds is 31. The van der Waals surface area contributed by atoms with Crippen molar-refractivity contribution in [3.05, 3.63) is 11.6 Å². The Morgan fingerprint density at radius 2 is 0.694 bits per heavy atom. The van der Waals surface area contributed by atoms with Gasteiger partial charge in [0.2, 0.25) is 0 Å². The van der Waals surface area contributed by atoms with E-state index in [1.54, 1.807) is 0 Å². The molecule has 36 heavy (non-hydrogen) atoms. The van der Waals surface area contributed by atoms with Crippen LogP contribution in [-0.2, 0) is 0 Å². The summed E-state index contributed by atoms with van der Waals surface area (Å²) in [5.74, 6) is 0. The van der Waals surface area contributed by atoms with Crippen LogP contribution in [0.1, 0.15) is 206 Å². The Balaban J connectivity index is 3.96. The van der Waals surface area contributed by atoms with E-state index >= 15 is 0 Å². The third kappa shape index (κ3) is 30.4. The van der Waals surface area contributed by atoms with Gasteiger partial charge >= 0.3 is 0 Å². The number of hydrogen-bond donors (Lipinski definition) is 0. The van der Waals surface area contributed by atoms with Crippen LogP contribution in [0.5, 0.6) is 0 Å². The molecule has 0 aromatic heterocycles. The Bertz CT molecular complexity index is 413. The van der Waals surface area contributed by atoms with E-state index in [1.807, 2.05) is 5.57 Å². The zero-order valence-electron chi connectivity index (χ0n) is 25.4. The van der Waals surface area contributed by atoms with Crippen molar-refractivity contribution in [1.82, 2.24) is 0 Å². The highest BCUT2D eigenvalue weighted by Crippen LogP contribution is 2.21. The third-order valence-corrected chi connectivity index (χ3v) is 8.53. The first-order valence-corrected chi connectivity index (χ1v) is 18.2. The molecule has 0 radical (unpaired) electrons. The molecule has 0 amide bonds. The normalized spacial score (nSPS) is 12.0. The van der Waals surface area contributed by atoms with Gasteiger partial charge in [-0.25, -0.2) is 0 Å². The summed E-state index contributed by atoms with van der Waals surface area (Å²) in [7, 11) is 0. The summed E-state index contributed by atoms with van der Waals surface area (Å²) in [5, 5.41) is 1.18. The number of alkyl halides is 1. The first-order valence-electron chi connectivity index (χ1n) is 17.1. The first-order chi connectivity index (χ1) is 17.8. The molecule has 0 spiro atoms. The second-order valence-corrected chi connectivity index (χ2v) is 12.5. The Kier molecular flexibility index (Phi) is 33.5. The van der Waals surface area contributed by atoms with Crippen molar-refractivity contribution in [2.75, 3.05) is 5.33 Å². The summed E-state index contributed by atoms with van der Waals surface area (Å²) < 4.78 is 0. The second-order valence-electron chi connectivity index (χ2n) is 11.7. The zero-order chi connectivity index (χ0) is 26.2. The van der Waals surface area contributed by atoms with Crippen LogP contribution in [0.15, 0.2) is 11.6 Å². The van der Waals surface area contributed by atoms with Crippen molar-refractivity contribution in [2.24, 2.45) is 0 Å². The Hall–Kier alpha value is 0.220. The molecule has 0 aromatic carbocycles. The van der Waals surface area contributed by atoms with Gasteiger partial charge in [-0.15, -0.1) is 0 Å². The molecule has 0 aliphatic carbocycles. The van der Waals surface area contributed by atoms with E-state index in [-0.39, 0.29) is 0 Å². The fourth-order valence-electron chi connectivity index (χ4n) is 5.44. The minimum Gasteiger partial charge on any atom is -0.0928 e. The van der Waals surface area contributed by atoms with Gasteiger partial charge in [0.15, 0.2) is 0 Å². The Morgan fingerprint density at radius 1 is 0.389 bits per heavy atom. The van der Waals surface area contributed by atoms with Gasteiger partial charge in [-0.1, -0.05) is 189 Å². The standard InChI is InChI=1S/C35H69Br/c1-3-5-7-9-11-13-15-19-23-27-31-35(33-29-25-21-17-18-22-26-30-34-36)32-28-24-20-16-14-12-10-8-6-4-2/h31H,3-30,32-34H2,1-2H3/b35-31+. The van der Waals surface area contributed by atoms with Crippen molar-refractivity contribution in [3.8, 4) is 0 Å². The van der Waals surface area contributed by atoms with Crippen molar-refractivity contribution in [2.45, 2.75) is 206 Å². The van der Waals surface area contributed by atoms with Crippen molar-refractivity contribution in [1.29, 1.82) is 0 Å². The van der Waals surface area contributed by atoms with E-state index in [0.717, 1.165) is 0 Å². The molecule has 216 valence electrons. The van der Waals surface area contributed by atoms with Crippen LogP contribution in [0.25, 0.3) is 0 Å². The van der Waals surface area contributed by atoms with E-state index in [9.17, 15) is 0 Å². The molecule has 0 nitrogen and oxygen atoms in total. The van der Waals surface area contributed by atoms with E-state index in [4.69, 9.17) is 0 Å². The maximum absolute atomic E-state index is 3.55. The molecule has 0 saturated heterocycles. The van der Waals surface area contributed by atoms with Crippen LogP contribution < -0.4 is 0 Å². The molecule has 0 bridgehead atoms. The molecular weight excluding hydrogens is 500 g/mol. The molecule has 0 heterocycles. The summed E-state index contributed by atoms with van der Waals surface area (Å²) >= 11 is 3.55. The van der Waals surface area contributed by atoms with Crippen molar-refractivity contribution >= 4 is 15.9 Å². The third-order valence-electron chi connectivity index (χ3n) is 7.97. The Labute approximate surface area is 238 Å². The van der Waals surface area contributed by atoms with E-state index in [1.165, 1.54) is 198 Å². The van der Waals surface area contributed by atoms with E-state index in [0.29, 0.717) is 0 Å². The van der Waals surface area contributed by atoms with E-state index < -0.39 is 0 Å². The van der Waals surface area contributed by atoms with Gasteiger partial charge in [-0.05, 0) is 44.9 Å². The van der Waals surface area contributed by atoms with Crippen molar-refractivity contribution in [3.63, 3.8) is 0 Å². The second kappa shape index (κ2) is 33.2. The minimum atomic E-state index is 1.18. The Morgan fingerprint density at radius 3 is 1.06 bits per heavy atom. The van der Waals surface area contributed by atoms with Gasteiger partial charge in [0.1, 0.15) is 0 Å². The average Bonchev–Trinajstić information content (AvgIpc) is 2.89. The molecule has 0 aliphatic heterocycles. The monoisotopic (exact) mass is 568 g/mol. The van der Waals surface area contributed by atoms with Crippen molar-refractivity contribution < 1.29 is 0 Å². The SMILES string of the molecule is CCCCCCCCCCC/C=C(/CCCCCCCCCCBr)CCCCCCCCCCCC. The fourth-order valence-corrected chi connectivity index (χ4v) is 5.83. The number of hydrogen-bond acceptors (Lipinski definition) is 0. The lowest BCUT2D eigenvalue weighted by atomic mass is 9.97. The molecule has 0 rings (SSSR count). The molecule has 1 heteroatoms. The highest BCUT2D eigenvalue weighted by molar-refractivity contribution is 9.09. The quantitative estimate of drug-likeness (QED) is 0.0442. The van der Waals surface area contributed by atoms with Crippen LogP contribution in [0.2, 0.25) is 0 Å². The topological polar surface area (TPSA) is 0 Å². The number of halogens is 1. The zero-order valence-corrected chi connectivity index (χ0v) is 27.0. The molecule has 0 aliphatic rings. The molecule has 0 unspecified atom stereocenters. The predicted octanol–water partition coefficient (Wildman–Crippen LogP) is 14.1. The van der Waals surface area contributed by atoms with Gasteiger partial charge in [0.25, 0.3) is 0 Å². The van der Waals surface area contributed by atoms with Gasteiger partial charge < -0.3 is 0 Å². The minimum absolute atomic E-state index is 1.18. The first kappa shape index (κ1) is 36.2. The van der Waals surface area contributed by atoms with Crippen LogP contribution >= 0.6 is 15.9 Å². The van der Waals surface area contributed by atoms with Crippen LogP contribution in [0.3, 0.4) is 0 Å². The molecule has 0 aromatic rings. The largest absolute Gasteiger partial charge is 0.0928 e. The number of unbranched alkanes of at least 4 members (excludes halogenated alkanes) is 25. The molecule has 0 saturated carbocycles. The molecular formula is C35H69Br. The highest BCUT2D eigenvalue weighted by atomic mass is 79.9. The lowest BCUT2D eigenvalue weighted by molar-refractivity contribution is 0.549. The molecule has 0 atom stereocenters. The van der Waals surface area contributed by atoms with Gasteiger partial charge in [0.05, 0.1) is 0 Å². The fraction of sp³-hybridized carbons (Fsp3) is 0.943. The van der Waals surface area contributed by atoms with E-state index in [2.05, 4.69) is 35.9 Å². The van der Waals surface area contributed by atoms with Gasteiger partial charge in [-0.3, -0.25) is 0 Å². The highest BCUT2D eigenvalue weighted by Gasteiger charge is 2.01. The van der Waals surface area contributed by atoms with Crippen LogP contribution in [-0.4, -0.2) is 5.33 Å². The molecule has 0 N–H and O–H groups in total. The summed E-state index contributed by atoms with van der Waals surface area (Å²) in [6.45, 7) is 4.63. The lowest BCUT2D eigenvalue weighted by Crippen LogP contribution is -1.89. The summed E-state index contributed by atoms with van der Waals surface area (Å²) in [5.41, 5.74) is 1.81. The smallest absolute Gasteiger partial charge is 0.00313 e. The summed E-state index contributed by atoms with van der Waals surface area (Å²) in [6, 6.07) is 0. The van der Waals surface area contributed by atoms with Gasteiger partial charge in [-0.2, -0.15) is 0 Å². The summed E-state index contributed by atoms with van der Waals surface area (Å²) in [4.78, 5) is 0. The summed E-state index contributed by atoms with van der Waals surface area (Å²) in [6.07, 6.45) is 45.8. The maximum atomic E-state index is 3.55.